The van der Waals surface area contributed by atoms with Crippen LogP contribution in [-0.2, 0) is 14.3 Å². The van der Waals surface area contributed by atoms with Crippen LogP contribution in [0.5, 0.6) is 11.5 Å². The van der Waals surface area contributed by atoms with Gasteiger partial charge in [-0.25, -0.2) is 0 Å². The van der Waals surface area contributed by atoms with E-state index >= 15 is 0 Å². The fourth-order valence-electron chi connectivity index (χ4n) is 2.30. The summed E-state index contributed by atoms with van der Waals surface area (Å²) < 4.78 is 15.3. The molecule has 1 aromatic rings. The molecule has 1 N–H and O–H groups in total. The van der Waals surface area contributed by atoms with Gasteiger partial charge in [0.05, 0.1) is 33.4 Å². The van der Waals surface area contributed by atoms with Gasteiger partial charge in [0.1, 0.15) is 0 Å². The van der Waals surface area contributed by atoms with E-state index in [2.05, 4.69) is 0 Å². The molecule has 0 radical (unpaired) electrons. The summed E-state index contributed by atoms with van der Waals surface area (Å²) in [5.41, 5.74) is 0.762. The Hall–Kier alpha value is -2.54. The summed E-state index contributed by atoms with van der Waals surface area (Å²) in [5, 5.41) is 9.59. The average Bonchev–Trinajstić information content (AvgIpc) is 2.62. The van der Waals surface area contributed by atoms with Crippen LogP contribution >= 0.6 is 0 Å². The Bertz CT molecular complexity index is 626. The van der Waals surface area contributed by atoms with E-state index in [4.69, 9.17) is 14.2 Å². The highest BCUT2D eigenvalue weighted by Gasteiger charge is 2.15. The zero-order valence-corrected chi connectivity index (χ0v) is 15.7. The van der Waals surface area contributed by atoms with Gasteiger partial charge in [-0.1, -0.05) is 6.07 Å². The molecule has 1 aromatic carbocycles. The first-order chi connectivity index (χ1) is 12.4. The van der Waals surface area contributed by atoms with Crippen LogP contribution in [-0.4, -0.2) is 61.9 Å². The molecule has 0 aliphatic heterocycles. The lowest BCUT2D eigenvalue weighted by Gasteiger charge is -2.22. The monoisotopic (exact) mass is 365 g/mol. The summed E-state index contributed by atoms with van der Waals surface area (Å²) in [4.78, 5) is 25.3. The van der Waals surface area contributed by atoms with E-state index in [0.29, 0.717) is 18.1 Å². The summed E-state index contributed by atoms with van der Waals surface area (Å²) >= 11 is 0. The molecule has 0 aliphatic rings. The molecule has 144 valence electrons. The Morgan fingerprint density at radius 3 is 2.50 bits per heavy atom. The van der Waals surface area contributed by atoms with Crippen LogP contribution in [0.2, 0.25) is 0 Å². The number of rotatable bonds is 10. The van der Waals surface area contributed by atoms with Crippen molar-refractivity contribution in [1.29, 1.82) is 0 Å². The van der Waals surface area contributed by atoms with E-state index in [1.54, 1.807) is 45.2 Å². The molecule has 0 aliphatic carbocycles. The number of carbonyl (C=O) groups excluding carboxylic acids is 2. The minimum Gasteiger partial charge on any atom is -0.493 e. The Morgan fingerprint density at radius 1 is 1.23 bits per heavy atom. The summed E-state index contributed by atoms with van der Waals surface area (Å²) in [6.45, 7) is 3.92. The standard InChI is InChI=1S/C19H27NO6/c1-5-26-19(23)10-11-20(13-14(2)21)18(22)9-7-15-6-8-16(24-3)17(12-15)25-4/h6-9,12,14,21H,5,10-11,13H2,1-4H3/b9-7+. The second-order valence-electron chi connectivity index (χ2n) is 5.64. The summed E-state index contributed by atoms with van der Waals surface area (Å²) in [7, 11) is 3.09. The molecule has 7 nitrogen and oxygen atoms in total. The van der Waals surface area contributed by atoms with E-state index in [1.165, 1.54) is 18.1 Å². The smallest absolute Gasteiger partial charge is 0.307 e. The largest absolute Gasteiger partial charge is 0.493 e. The zero-order chi connectivity index (χ0) is 19.5. The molecule has 1 unspecified atom stereocenters. The predicted molar refractivity (Wildman–Crippen MR) is 98.1 cm³/mol. The van der Waals surface area contributed by atoms with Gasteiger partial charge < -0.3 is 24.2 Å². The van der Waals surface area contributed by atoms with E-state index in [-0.39, 0.29) is 31.4 Å². The van der Waals surface area contributed by atoms with Crippen LogP contribution in [0.1, 0.15) is 25.8 Å². The molecule has 1 atom stereocenters. The van der Waals surface area contributed by atoms with Gasteiger partial charge in [0.2, 0.25) is 5.91 Å². The summed E-state index contributed by atoms with van der Waals surface area (Å²) in [5.74, 6) is 0.483. The van der Waals surface area contributed by atoms with Crippen LogP contribution in [0.3, 0.4) is 0 Å². The van der Waals surface area contributed by atoms with Gasteiger partial charge in [-0.05, 0) is 37.6 Å². The van der Waals surface area contributed by atoms with Crippen molar-refractivity contribution in [3.63, 3.8) is 0 Å². The second-order valence-corrected chi connectivity index (χ2v) is 5.64. The van der Waals surface area contributed by atoms with Gasteiger partial charge in [0.25, 0.3) is 0 Å². The number of esters is 1. The third-order valence-electron chi connectivity index (χ3n) is 3.51. The van der Waals surface area contributed by atoms with Crippen LogP contribution in [0.4, 0.5) is 0 Å². The van der Waals surface area contributed by atoms with E-state index in [1.807, 2.05) is 0 Å². The number of hydrogen-bond donors (Lipinski definition) is 1. The molecule has 0 saturated carbocycles. The molecule has 0 saturated heterocycles. The first-order valence-electron chi connectivity index (χ1n) is 8.44. The molecule has 0 heterocycles. The quantitative estimate of drug-likeness (QED) is 0.503. The Morgan fingerprint density at radius 2 is 1.92 bits per heavy atom. The minimum absolute atomic E-state index is 0.0799. The third-order valence-corrected chi connectivity index (χ3v) is 3.51. The molecular weight excluding hydrogens is 338 g/mol. The number of methoxy groups -OCH3 is 2. The number of carbonyl (C=O) groups is 2. The molecule has 0 spiro atoms. The van der Waals surface area contributed by atoms with Gasteiger partial charge >= 0.3 is 5.97 Å². The van der Waals surface area contributed by atoms with Gasteiger partial charge in [-0.2, -0.15) is 0 Å². The maximum Gasteiger partial charge on any atom is 0.307 e. The SMILES string of the molecule is CCOC(=O)CCN(CC(C)O)C(=O)/C=C/c1ccc(OC)c(OC)c1. The number of amides is 1. The maximum absolute atomic E-state index is 12.4. The highest BCUT2D eigenvalue weighted by Crippen LogP contribution is 2.27. The fraction of sp³-hybridized carbons (Fsp3) is 0.474. The molecule has 7 heteroatoms. The first-order valence-corrected chi connectivity index (χ1v) is 8.44. The second kappa shape index (κ2) is 11.1. The average molecular weight is 365 g/mol. The van der Waals surface area contributed by atoms with Gasteiger partial charge in [0.15, 0.2) is 11.5 Å². The zero-order valence-electron chi connectivity index (χ0n) is 15.7. The lowest BCUT2D eigenvalue weighted by molar-refractivity contribution is -0.144. The summed E-state index contributed by atoms with van der Waals surface area (Å²) in [6, 6.07) is 5.29. The molecule has 26 heavy (non-hydrogen) atoms. The topological polar surface area (TPSA) is 85.3 Å². The van der Waals surface area contributed by atoms with E-state index < -0.39 is 6.10 Å². The van der Waals surface area contributed by atoms with Crippen molar-refractivity contribution in [1.82, 2.24) is 4.90 Å². The number of nitrogens with zero attached hydrogens (tertiary/aromatic N) is 1. The minimum atomic E-state index is -0.698. The van der Waals surface area contributed by atoms with E-state index in [9.17, 15) is 14.7 Å². The summed E-state index contributed by atoms with van der Waals surface area (Å²) in [6.07, 6.45) is 2.42. The van der Waals surface area contributed by atoms with Crippen molar-refractivity contribution in [3.8, 4) is 11.5 Å². The number of aliphatic hydroxyl groups excluding tert-OH is 1. The van der Waals surface area contributed by atoms with Crippen molar-refractivity contribution in [3.05, 3.63) is 29.8 Å². The molecule has 0 bridgehead atoms. The Labute approximate surface area is 154 Å². The number of hydrogen-bond acceptors (Lipinski definition) is 6. The Kier molecular flexibility index (Phi) is 9.22. The van der Waals surface area contributed by atoms with Crippen LogP contribution in [0.15, 0.2) is 24.3 Å². The van der Waals surface area contributed by atoms with Crippen molar-refractivity contribution in [2.45, 2.75) is 26.4 Å². The first kappa shape index (κ1) is 21.5. The normalized spacial score (nSPS) is 11.9. The fourth-order valence-corrected chi connectivity index (χ4v) is 2.30. The predicted octanol–water partition coefficient (Wildman–Crippen LogP) is 1.88. The van der Waals surface area contributed by atoms with Crippen LogP contribution in [0.25, 0.3) is 6.08 Å². The molecular formula is C19H27NO6. The van der Waals surface area contributed by atoms with Crippen molar-refractivity contribution in [2.75, 3.05) is 33.9 Å². The molecule has 0 aromatic heterocycles. The molecule has 0 fully saturated rings. The molecule has 1 rings (SSSR count). The third kappa shape index (κ3) is 7.14. The van der Waals surface area contributed by atoms with Crippen LogP contribution in [0, 0.1) is 0 Å². The van der Waals surface area contributed by atoms with Crippen molar-refractivity contribution < 1.29 is 28.9 Å². The van der Waals surface area contributed by atoms with Crippen LogP contribution < -0.4 is 9.47 Å². The van der Waals surface area contributed by atoms with Crippen molar-refractivity contribution >= 4 is 18.0 Å². The van der Waals surface area contributed by atoms with Gasteiger partial charge in [-0.15, -0.1) is 0 Å². The van der Waals surface area contributed by atoms with Gasteiger partial charge in [-0.3, -0.25) is 9.59 Å². The number of ether oxygens (including phenoxy) is 3. The Balaban J connectivity index is 2.81. The van der Waals surface area contributed by atoms with Gasteiger partial charge in [0, 0.05) is 19.2 Å². The highest BCUT2D eigenvalue weighted by atomic mass is 16.5. The highest BCUT2D eigenvalue weighted by molar-refractivity contribution is 5.92. The lowest BCUT2D eigenvalue weighted by Crippen LogP contribution is -2.37. The lowest BCUT2D eigenvalue weighted by atomic mass is 10.2. The van der Waals surface area contributed by atoms with Crippen molar-refractivity contribution in [2.24, 2.45) is 0 Å². The maximum atomic E-state index is 12.4. The molecule has 1 amide bonds. The van der Waals surface area contributed by atoms with E-state index in [0.717, 1.165) is 5.56 Å². The number of aliphatic hydroxyl groups is 1. The number of benzene rings is 1.